The summed E-state index contributed by atoms with van der Waals surface area (Å²) in [5.74, 6) is 1.15. The fourth-order valence-electron chi connectivity index (χ4n) is 1.27. The zero-order chi connectivity index (χ0) is 12.0. The Labute approximate surface area is 97.8 Å². The molecule has 88 valence electrons. The number of nitrogens with two attached hydrogens (primary N) is 1. The molecule has 3 heteroatoms. The molecule has 0 aliphatic rings. The van der Waals surface area contributed by atoms with Crippen LogP contribution in [0.25, 0.3) is 0 Å². The second-order valence-electron chi connectivity index (χ2n) is 4.44. The van der Waals surface area contributed by atoms with E-state index < -0.39 is 0 Å². The summed E-state index contributed by atoms with van der Waals surface area (Å²) in [5, 5.41) is 3.07. The maximum Gasteiger partial charge on any atom is 0.193 e. The second kappa shape index (κ2) is 6.16. The Kier molecular flexibility index (Phi) is 4.83. The summed E-state index contributed by atoms with van der Waals surface area (Å²) >= 11 is 0. The molecule has 0 bridgehead atoms. The lowest BCUT2D eigenvalue weighted by molar-refractivity contribution is 0.597. The second-order valence-corrected chi connectivity index (χ2v) is 4.44. The Morgan fingerprint density at radius 1 is 1.31 bits per heavy atom. The van der Waals surface area contributed by atoms with Crippen molar-refractivity contribution in [3.8, 4) is 0 Å². The van der Waals surface area contributed by atoms with E-state index in [9.17, 15) is 0 Å². The van der Waals surface area contributed by atoms with Crippen molar-refractivity contribution in [1.29, 1.82) is 0 Å². The highest BCUT2D eigenvalue weighted by molar-refractivity contribution is 5.92. The zero-order valence-electron chi connectivity index (χ0n) is 10.3. The summed E-state index contributed by atoms with van der Waals surface area (Å²) in [6, 6.07) is 8.09. The number of nitrogens with zero attached hydrogens (tertiary/aromatic N) is 1. The molecule has 0 unspecified atom stereocenters. The average Bonchev–Trinajstić information content (AvgIpc) is 2.21. The molecule has 0 spiro atoms. The number of benzene rings is 1. The molecular weight excluding hydrogens is 198 g/mol. The van der Waals surface area contributed by atoms with Gasteiger partial charge in [-0.25, -0.2) is 0 Å². The molecule has 3 N–H and O–H groups in total. The van der Waals surface area contributed by atoms with Gasteiger partial charge in [-0.05, 0) is 31.4 Å². The molecule has 16 heavy (non-hydrogen) atoms. The minimum atomic E-state index is 0.490. The van der Waals surface area contributed by atoms with Crippen molar-refractivity contribution in [3.63, 3.8) is 0 Å². The maximum atomic E-state index is 5.77. The summed E-state index contributed by atoms with van der Waals surface area (Å²) in [4.78, 5) is 4.27. The first-order valence-corrected chi connectivity index (χ1v) is 5.71. The van der Waals surface area contributed by atoms with Gasteiger partial charge in [0.15, 0.2) is 5.96 Å². The molecule has 0 saturated heterocycles. The molecule has 1 aromatic rings. The Balaban J connectivity index is 2.44. The number of nitrogens with one attached hydrogen (secondary N) is 1. The van der Waals surface area contributed by atoms with Crippen molar-refractivity contribution in [2.24, 2.45) is 16.6 Å². The highest BCUT2D eigenvalue weighted by Gasteiger charge is 1.95. The molecule has 1 aromatic carbocycles. The SMILES string of the molecule is Cc1ccc(NC(N)=NCCC(C)C)cc1. The first-order chi connectivity index (χ1) is 7.58. The Morgan fingerprint density at radius 3 is 2.50 bits per heavy atom. The first kappa shape index (κ1) is 12.6. The third-order valence-corrected chi connectivity index (χ3v) is 2.31. The monoisotopic (exact) mass is 219 g/mol. The third kappa shape index (κ3) is 4.82. The molecule has 0 atom stereocenters. The highest BCUT2D eigenvalue weighted by atomic mass is 15.1. The van der Waals surface area contributed by atoms with E-state index in [0.717, 1.165) is 18.7 Å². The fourth-order valence-corrected chi connectivity index (χ4v) is 1.27. The minimum Gasteiger partial charge on any atom is -0.370 e. The number of aliphatic imine (C=N–C) groups is 1. The van der Waals surface area contributed by atoms with E-state index in [-0.39, 0.29) is 0 Å². The topological polar surface area (TPSA) is 50.4 Å². The van der Waals surface area contributed by atoms with Gasteiger partial charge in [0, 0.05) is 12.2 Å². The molecule has 3 nitrogen and oxygen atoms in total. The summed E-state index contributed by atoms with van der Waals surface area (Å²) in [5.41, 5.74) is 7.99. The van der Waals surface area contributed by atoms with Crippen LogP contribution < -0.4 is 11.1 Å². The normalized spacial score (nSPS) is 11.9. The lowest BCUT2D eigenvalue weighted by atomic mass is 10.1. The van der Waals surface area contributed by atoms with Gasteiger partial charge in [0.2, 0.25) is 0 Å². The van der Waals surface area contributed by atoms with Crippen LogP contribution in [0.1, 0.15) is 25.8 Å². The predicted octanol–water partition coefficient (Wildman–Crippen LogP) is 2.77. The van der Waals surface area contributed by atoms with Crippen molar-refractivity contribution in [2.45, 2.75) is 27.2 Å². The van der Waals surface area contributed by atoms with E-state index in [1.807, 2.05) is 24.3 Å². The van der Waals surface area contributed by atoms with E-state index in [1.165, 1.54) is 5.56 Å². The lowest BCUT2D eigenvalue weighted by Crippen LogP contribution is -2.22. The van der Waals surface area contributed by atoms with Crippen molar-refractivity contribution in [1.82, 2.24) is 0 Å². The molecule has 0 aliphatic carbocycles. The summed E-state index contributed by atoms with van der Waals surface area (Å²) in [7, 11) is 0. The Morgan fingerprint density at radius 2 is 1.94 bits per heavy atom. The van der Waals surface area contributed by atoms with Crippen LogP contribution in [0.15, 0.2) is 29.3 Å². The molecule has 1 rings (SSSR count). The van der Waals surface area contributed by atoms with Gasteiger partial charge in [0.05, 0.1) is 0 Å². The minimum absolute atomic E-state index is 0.490. The van der Waals surface area contributed by atoms with E-state index in [4.69, 9.17) is 5.73 Å². The molecule has 0 aromatic heterocycles. The van der Waals surface area contributed by atoms with Crippen LogP contribution in [-0.2, 0) is 0 Å². The van der Waals surface area contributed by atoms with Crippen molar-refractivity contribution in [2.75, 3.05) is 11.9 Å². The molecule has 0 amide bonds. The van der Waals surface area contributed by atoms with Gasteiger partial charge in [-0.1, -0.05) is 31.5 Å². The van der Waals surface area contributed by atoms with Crippen LogP contribution in [0.5, 0.6) is 0 Å². The predicted molar refractivity (Wildman–Crippen MR) is 70.7 cm³/mol. The quantitative estimate of drug-likeness (QED) is 0.604. The van der Waals surface area contributed by atoms with Crippen molar-refractivity contribution >= 4 is 11.6 Å². The standard InChI is InChI=1S/C13H21N3/c1-10(2)8-9-15-13(14)16-12-6-4-11(3)5-7-12/h4-7,10H,8-9H2,1-3H3,(H3,14,15,16). The number of guanidine groups is 1. The lowest BCUT2D eigenvalue weighted by Gasteiger charge is -2.06. The van der Waals surface area contributed by atoms with Gasteiger partial charge < -0.3 is 11.1 Å². The summed E-state index contributed by atoms with van der Waals surface area (Å²) < 4.78 is 0. The van der Waals surface area contributed by atoms with Crippen LogP contribution in [-0.4, -0.2) is 12.5 Å². The first-order valence-electron chi connectivity index (χ1n) is 5.71. The largest absolute Gasteiger partial charge is 0.370 e. The number of hydrogen-bond acceptors (Lipinski definition) is 1. The van der Waals surface area contributed by atoms with Gasteiger partial charge in [-0.3, -0.25) is 4.99 Å². The van der Waals surface area contributed by atoms with Gasteiger partial charge in [-0.15, -0.1) is 0 Å². The fraction of sp³-hybridized carbons (Fsp3) is 0.462. The highest BCUT2D eigenvalue weighted by Crippen LogP contribution is 2.08. The van der Waals surface area contributed by atoms with Crippen LogP contribution in [0.4, 0.5) is 5.69 Å². The molecular formula is C13H21N3. The van der Waals surface area contributed by atoms with Crippen molar-refractivity contribution in [3.05, 3.63) is 29.8 Å². The molecule has 0 fully saturated rings. The molecule has 0 radical (unpaired) electrons. The Bertz CT molecular complexity index is 339. The third-order valence-electron chi connectivity index (χ3n) is 2.31. The van der Waals surface area contributed by atoms with Crippen LogP contribution >= 0.6 is 0 Å². The van der Waals surface area contributed by atoms with E-state index in [0.29, 0.717) is 11.9 Å². The van der Waals surface area contributed by atoms with Crippen LogP contribution in [0.3, 0.4) is 0 Å². The van der Waals surface area contributed by atoms with Gasteiger partial charge in [0.25, 0.3) is 0 Å². The van der Waals surface area contributed by atoms with E-state index in [1.54, 1.807) is 0 Å². The molecule has 0 aliphatic heterocycles. The number of anilines is 1. The number of aryl methyl sites for hydroxylation is 1. The molecule has 0 heterocycles. The van der Waals surface area contributed by atoms with Gasteiger partial charge >= 0.3 is 0 Å². The zero-order valence-corrected chi connectivity index (χ0v) is 10.3. The van der Waals surface area contributed by atoms with Crippen LogP contribution in [0.2, 0.25) is 0 Å². The van der Waals surface area contributed by atoms with Gasteiger partial charge in [-0.2, -0.15) is 0 Å². The summed E-state index contributed by atoms with van der Waals surface area (Å²) in [6.07, 6.45) is 1.07. The summed E-state index contributed by atoms with van der Waals surface area (Å²) in [6.45, 7) is 7.20. The van der Waals surface area contributed by atoms with Crippen LogP contribution in [0, 0.1) is 12.8 Å². The molecule has 0 saturated carbocycles. The van der Waals surface area contributed by atoms with Gasteiger partial charge in [0.1, 0.15) is 0 Å². The maximum absolute atomic E-state index is 5.77. The number of rotatable bonds is 4. The van der Waals surface area contributed by atoms with Crippen molar-refractivity contribution < 1.29 is 0 Å². The number of hydrogen-bond donors (Lipinski definition) is 2. The Hall–Kier alpha value is -1.51. The smallest absolute Gasteiger partial charge is 0.193 e. The van der Waals surface area contributed by atoms with E-state index >= 15 is 0 Å². The average molecular weight is 219 g/mol. The van der Waals surface area contributed by atoms with E-state index in [2.05, 4.69) is 31.1 Å².